The summed E-state index contributed by atoms with van der Waals surface area (Å²) in [6.45, 7) is 1.88. The Morgan fingerprint density at radius 3 is 2.89 bits per heavy atom. The molecular weight excluding hydrogens is 270 g/mol. The summed E-state index contributed by atoms with van der Waals surface area (Å²) < 4.78 is 0. The van der Waals surface area contributed by atoms with E-state index in [9.17, 15) is 4.79 Å². The molecule has 4 nitrogen and oxygen atoms in total. The van der Waals surface area contributed by atoms with Gasteiger partial charge in [0, 0.05) is 16.6 Å². The maximum Gasteiger partial charge on any atom is 0.321 e. The Balaban J connectivity index is 1.97. The highest BCUT2D eigenvalue weighted by Crippen LogP contribution is 2.22. The number of hydrogen-bond donors (Lipinski definition) is 2. The highest BCUT2D eigenvalue weighted by Gasteiger charge is 2.12. The molecule has 0 aliphatic carbocycles. The Morgan fingerprint density at radius 1 is 1.44 bits per heavy atom. The first-order valence-electron chi connectivity index (χ1n) is 5.38. The Hall–Kier alpha value is -1.59. The number of benzene rings is 1. The van der Waals surface area contributed by atoms with Crippen LogP contribution in [0.1, 0.15) is 18.5 Å². The first-order chi connectivity index (χ1) is 8.66. The Morgan fingerprint density at radius 2 is 2.22 bits per heavy atom. The molecule has 2 N–H and O–H groups in total. The molecule has 2 rings (SSSR count). The minimum absolute atomic E-state index is 0.168. The van der Waals surface area contributed by atoms with Gasteiger partial charge in [-0.05, 0) is 18.6 Å². The molecule has 94 valence electrons. The molecule has 2 amide bonds. The molecular formula is C12H12ClN3OS. The number of carbonyl (C=O) groups excluding carboxylic acids is 1. The van der Waals surface area contributed by atoms with Gasteiger partial charge in [-0.25, -0.2) is 9.78 Å². The number of rotatable bonds is 3. The topological polar surface area (TPSA) is 54.0 Å². The van der Waals surface area contributed by atoms with E-state index in [1.54, 1.807) is 17.6 Å². The van der Waals surface area contributed by atoms with Gasteiger partial charge in [-0.2, -0.15) is 0 Å². The van der Waals surface area contributed by atoms with E-state index in [0.717, 1.165) is 5.56 Å². The largest absolute Gasteiger partial charge is 0.331 e. The van der Waals surface area contributed by atoms with Crippen LogP contribution in [0.3, 0.4) is 0 Å². The van der Waals surface area contributed by atoms with Crippen molar-refractivity contribution in [2.75, 3.05) is 5.32 Å². The van der Waals surface area contributed by atoms with E-state index < -0.39 is 0 Å². The van der Waals surface area contributed by atoms with Crippen LogP contribution in [0.25, 0.3) is 0 Å². The second-order valence-corrected chi connectivity index (χ2v) is 4.98. The lowest BCUT2D eigenvalue weighted by Crippen LogP contribution is -2.31. The summed E-state index contributed by atoms with van der Waals surface area (Å²) in [4.78, 5) is 15.7. The summed E-state index contributed by atoms with van der Waals surface area (Å²) in [7, 11) is 0. The van der Waals surface area contributed by atoms with Crippen LogP contribution in [0.2, 0.25) is 5.02 Å². The lowest BCUT2D eigenvalue weighted by Gasteiger charge is -2.15. The first-order valence-corrected chi connectivity index (χ1v) is 6.64. The van der Waals surface area contributed by atoms with Gasteiger partial charge in [0.15, 0.2) is 5.13 Å². The lowest BCUT2D eigenvalue weighted by atomic mass is 10.1. The fraction of sp³-hybridized carbons (Fsp3) is 0.167. The zero-order chi connectivity index (χ0) is 13.0. The molecule has 1 aromatic heterocycles. The van der Waals surface area contributed by atoms with Crippen molar-refractivity contribution in [3.8, 4) is 0 Å². The zero-order valence-corrected chi connectivity index (χ0v) is 11.3. The normalized spacial score (nSPS) is 11.9. The molecule has 0 saturated carbocycles. The van der Waals surface area contributed by atoms with E-state index in [-0.39, 0.29) is 12.1 Å². The Bertz CT molecular complexity index is 530. The minimum atomic E-state index is -0.294. The fourth-order valence-electron chi connectivity index (χ4n) is 1.52. The number of aromatic nitrogens is 1. The van der Waals surface area contributed by atoms with Crippen LogP contribution in [0.5, 0.6) is 0 Å². The molecule has 6 heteroatoms. The molecule has 0 saturated heterocycles. The fourth-order valence-corrected chi connectivity index (χ4v) is 2.34. The van der Waals surface area contributed by atoms with Crippen molar-refractivity contribution in [2.45, 2.75) is 13.0 Å². The average molecular weight is 282 g/mol. The highest BCUT2D eigenvalue weighted by atomic mass is 35.5. The molecule has 1 aromatic carbocycles. The summed E-state index contributed by atoms with van der Waals surface area (Å²) in [5, 5.41) is 8.47. The summed E-state index contributed by atoms with van der Waals surface area (Å²) in [5.74, 6) is 0. The van der Waals surface area contributed by atoms with Gasteiger partial charge in [0.25, 0.3) is 0 Å². The van der Waals surface area contributed by atoms with Crippen molar-refractivity contribution in [1.82, 2.24) is 10.3 Å². The van der Waals surface area contributed by atoms with E-state index in [0.29, 0.717) is 10.2 Å². The molecule has 18 heavy (non-hydrogen) atoms. The number of urea groups is 1. The van der Waals surface area contributed by atoms with Crippen LogP contribution in [-0.2, 0) is 0 Å². The number of amides is 2. The standard InChI is InChI=1S/C12H12ClN3OS/c1-8(9-4-2-3-5-10(9)13)15-11(17)16-12-14-6-7-18-12/h2-8H,1H3,(H2,14,15,16,17)/t8-/m1/s1. The predicted molar refractivity (Wildman–Crippen MR) is 74.1 cm³/mol. The first kappa shape index (κ1) is 12.9. The molecule has 1 atom stereocenters. The summed E-state index contributed by atoms with van der Waals surface area (Å²) in [6.07, 6.45) is 1.64. The van der Waals surface area contributed by atoms with Gasteiger partial charge in [0.05, 0.1) is 6.04 Å². The number of nitrogens with zero attached hydrogens (tertiary/aromatic N) is 1. The second kappa shape index (κ2) is 5.84. The van der Waals surface area contributed by atoms with Gasteiger partial charge < -0.3 is 5.32 Å². The molecule has 0 unspecified atom stereocenters. The monoisotopic (exact) mass is 281 g/mol. The number of carbonyl (C=O) groups is 1. The van der Waals surface area contributed by atoms with Gasteiger partial charge in [-0.15, -0.1) is 11.3 Å². The summed E-state index contributed by atoms with van der Waals surface area (Å²) >= 11 is 7.43. The molecule has 0 aliphatic rings. The van der Waals surface area contributed by atoms with Crippen LogP contribution in [0.4, 0.5) is 9.93 Å². The zero-order valence-electron chi connectivity index (χ0n) is 9.68. The molecule has 1 heterocycles. The average Bonchev–Trinajstić information content (AvgIpc) is 2.82. The molecule has 0 radical (unpaired) electrons. The van der Waals surface area contributed by atoms with E-state index in [1.807, 2.05) is 25.1 Å². The van der Waals surface area contributed by atoms with Crippen molar-refractivity contribution in [2.24, 2.45) is 0 Å². The SMILES string of the molecule is C[C@@H](NC(=O)Nc1nccs1)c1ccccc1Cl. The third-order valence-corrected chi connectivity index (χ3v) is 3.40. The van der Waals surface area contributed by atoms with Crippen LogP contribution in [-0.4, -0.2) is 11.0 Å². The van der Waals surface area contributed by atoms with Crippen LogP contribution in [0, 0.1) is 0 Å². The quantitative estimate of drug-likeness (QED) is 0.902. The number of hydrogen-bond acceptors (Lipinski definition) is 3. The molecule has 2 aromatic rings. The van der Waals surface area contributed by atoms with Gasteiger partial charge >= 0.3 is 6.03 Å². The molecule has 0 aliphatic heterocycles. The molecule has 0 spiro atoms. The highest BCUT2D eigenvalue weighted by molar-refractivity contribution is 7.13. The van der Waals surface area contributed by atoms with Crippen molar-refractivity contribution in [1.29, 1.82) is 0 Å². The van der Waals surface area contributed by atoms with E-state index in [2.05, 4.69) is 15.6 Å². The van der Waals surface area contributed by atoms with Gasteiger partial charge in [0.1, 0.15) is 0 Å². The maximum absolute atomic E-state index is 11.7. The number of halogens is 1. The number of nitrogens with one attached hydrogen (secondary N) is 2. The number of thiazole rings is 1. The van der Waals surface area contributed by atoms with Crippen LogP contribution >= 0.6 is 22.9 Å². The smallest absolute Gasteiger partial charge is 0.321 e. The van der Waals surface area contributed by atoms with Gasteiger partial charge in [0.2, 0.25) is 0 Å². The molecule has 0 bridgehead atoms. The Kier molecular flexibility index (Phi) is 4.17. The van der Waals surface area contributed by atoms with Crippen molar-refractivity contribution >= 4 is 34.1 Å². The van der Waals surface area contributed by atoms with Crippen molar-refractivity contribution in [3.63, 3.8) is 0 Å². The van der Waals surface area contributed by atoms with Crippen LogP contribution in [0.15, 0.2) is 35.8 Å². The summed E-state index contributed by atoms with van der Waals surface area (Å²) in [5.41, 5.74) is 0.883. The van der Waals surface area contributed by atoms with Crippen molar-refractivity contribution in [3.05, 3.63) is 46.4 Å². The maximum atomic E-state index is 11.7. The lowest BCUT2D eigenvalue weighted by molar-refractivity contribution is 0.249. The van der Waals surface area contributed by atoms with E-state index in [4.69, 9.17) is 11.6 Å². The number of anilines is 1. The van der Waals surface area contributed by atoms with Crippen LogP contribution < -0.4 is 10.6 Å². The third kappa shape index (κ3) is 3.21. The Labute approximate surface area is 114 Å². The summed E-state index contributed by atoms with van der Waals surface area (Å²) in [6, 6.07) is 6.97. The van der Waals surface area contributed by atoms with E-state index >= 15 is 0 Å². The molecule has 0 fully saturated rings. The second-order valence-electron chi connectivity index (χ2n) is 3.68. The predicted octanol–water partition coefficient (Wildman–Crippen LogP) is 3.68. The minimum Gasteiger partial charge on any atom is -0.331 e. The van der Waals surface area contributed by atoms with E-state index in [1.165, 1.54) is 11.3 Å². The third-order valence-electron chi connectivity index (χ3n) is 2.37. The van der Waals surface area contributed by atoms with Gasteiger partial charge in [-0.1, -0.05) is 29.8 Å². The van der Waals surface area contributed by atoms with Crippen molar-refractivity contribution < 1.29 is 4.79 Å². The van der Waals surface area contributed by atoms with Gasteiger partial charge in [-0.3, -0.25) is 5.32 Å².